The van der Waals surface area contributed by atoms with Gasteiger partial charge in [0.25, 0.3) is 11.5 Å². The zero-order valence-electron chi connectivity index (χ0n) is 19.8. The van der Waals surface area contributed by atoms with E-state index in [2.05, 4.69) is 10.3 Å². The molecule has 2 amide bonds. The SMILES string of the molecule is CCc1ccccc1NC(=O)Cn1c(=O)c2c(C(=O)N3CCCCC3)cc(C)nc2n(C)c1=O. The van der Waals surface area contributed by atoms with Crippen LogP contribution in [-0.2, 0) is 24.8 Å². The van der Waals surface area contributed by atoms with E-state index in [-0.39, 0.29) is 22.5 Å². The number of hydrogen-bond acceptors (Lipinski definition) is 5. The maximum atomic E-state index is 13.5. The van der Waals surface area contributed by atoms with Crippen molar-refractivity contribution in [3.05, 3.63) is 68.0 Å². The molecule has 0 saturated carbocycles. The first-order valence-electron chi connectivity index (χ1n) is 11.6. The van der Waals surface area contributed by atoms with Crippen LogP contribution in [0.1, 0.15) is 47.8 Å². The van der Waals surface area contributed by atoms with Crippen molar-refractivity contribution >= 4 is 28.5 Å². The van der Waals surface area contributed by atoms with Gasteiger partial charge >= 0.3 is 5.69 Å². The number of hydrogen-bond donors (Lipinski definition) is 1. The van der Waals surface area contributed by atoms with Gasteiger partial charge in [-0.15, -0.1) is 0 Å². The topological polar surface area (TPSA) is 106 Å². The van der Waals surface area contributed by atoms with Crippen molar-refractivity contribution in [1.29, 1.82) is 0 Å². The highest BCUT2D eigenvalue weighted by Gasteiger charge is 2.25. The molecule has 4 rings (SSSR count). The summed E-state index contributed by atoms with van der Waals surface area (Å²) in [5.74, 6) is -0.748. The average molecular weight is 464 g/mol. The number of piperidine rings is 1. The number of rotatable bonds is 5. The Labute approximate surface area is 197 Å². The van der Waals surface area contributed by atoms with E-state index in [0.29, 0.717) is 24.5 Å². The zero-order valence-corrected chi connectivity index (χ0v) is 19.8. The highest BCUT2D eigenvalue weighted by Crippen LogP contribution is 2.19. The molecule has 1 saturated heterocycles. The third kappa shape index (κ3) is 4.37. The van der Waals surface area contributed by atoms with Gasteiger partial charge in [0, 0.05) is 31.5 Å². The molecule has 0 aliphatic carbocycles. The van der Waals surface area contributed by atoms with Crippen LogP contribution in [0.25, 0.3) is 11.0 Å². The number of carbonyl (C=O) groups excluding carboxylic acids is 2. The summed E-state index contributed by atoms with van der Waals surface area (Å²) in [5, 5.41) is 2.85. The van der Waals surface area contributed by atoms with E-state index in [9.17, 15) is 19.2 Å². The van der Waals surface area contributed by atoms with Gasteiger partial charge in [0.1, 0.15) is 12.2 Å². The maximum Gasteiger partial charge on any atom is 0.332 e. The number of pyridine rings is 1. The molecule has 1 aromatic carbocycles. The van der Waals surface area contributed by atoms with Crippen LogP contribution in [-0.4, -0.2) is 43.9 Å². The van der Waals surface area contributed by atoms with Gasteiger partial charge in [-0.1, -0.05) is 25.1 Å². The lowest BCUT2D eigenvalue weighted by Gasteiger charge is -2.27. The van der Waals surface area contributed by atoms with Crippen LogP contribution in [0.5, 0.6) is 0 Å². The summed E-state index contributed by atoms with van der Waals surface area (Å²) in [7, 11) is 1.49. The molecule has 3 heterocycles. The highest BCUT2D eigenvalue weighted by atomic mass is 16.2. The van der Waals surface area contributed by atoms with E-state index in [1.165, 1.54) is 11.6 Å². The Morgan fingerprint density at radius 2 is 1.79 bits per heavy atom. The van der Waals surface area contributed by atoms with Gasteiger partial charge in [0.2, 0.25) is 5.91 Å². The fourth-order valence-electron chi connectivity index (χ4n) is 4.46. The van der Waals surface area contributed by atoms with Crippen LogP contribution < -0.4 is 16.6 Å². The summed E-state index contributed by atoms with van der Waals surface area (Å²) in [5.41, 5.74) is 1.13. The van der Waals surface area contributed by atoms with E-state index < -0.39 is 23.7 Å². The number of aromatic nitrogens is 3. The lowest BCUT2D eigenvalue weighted by molar-refractivity contribution is -0.116. The molecule has 0 radical (unpaired) electrons. The second-order valence-electron chi connectivity index (χ2n) is 8.65. The lowest BCUT2D eigenvalue weighted by Crippen LogP contribution is -2.43. The van der Waals surface area contributed by atoms with Gasteiger partial charge in [0.15, 0.2) is 0 Å². The molecule has 0 spiro atoms. The second-order valence-corrected chi connectivity index (χ2v) is 8.65. The van der Waals surface area contributed by atoms with Gasteiger partial charge in [-0.25, -0.2) is 9.78 Å². The molecular formula is C25H29N5O4. The predicted molar refractivity (Wildman–Crippen MR) is 130 cm³/mol. The summed E-state index contributed by atoms with van der Waals surface area (Å²) in [4.78, 5) is 58.8. The molecule has 0 unspecified atom stereocenters. The number of benzene rings is 1. The molecule has 178 valence electrons. The van der Waals surface area contributed by atoms with Gasteiger partial charge in [-0.05, 0) is 50.3 Å². The smallest absolute Gasteiger partial charge is 0.332 e. The monoisotopic (exact) mass is 463 g/mol. The second kappa shape index (κ2) is 9.62. The molecule has 2 aromatic heterocycles. The number of para-hydroxylation sites is 1. The Hall–Kier alpha value is -3.75. The van der Waals surface area contributed by atoms with Crippen LogP contribution in [0.15, 0.2) is 39.9 Å². The third-order valence-electron chi connectivity index (χ3n) is 6.27. The Morgan fingerprint density at radius 1 is 1.09 bits per heavy atom. The minimum Gasteiger partial charge on any atom is -0.339 e. The van der Waals surface area contributed by atoms with Crippen molar-refractivity contribution in [3.8, 4) is 0 Å². The Balaban J connectivity index is 1.78. The van der Waals surface area contributed by atoms with Crippen LogP contribution >= 0.6 is 0 Å². The number of amides is 2. The van der Waals surface area contributed by atoms with E-state index in [1.807, 2.05) is 25.1 Å². The number of aryl methyl sites for hydroxylation is 3. The number of nitrogens with one attached hydrogen (secondary N) is 1. The van der Waals surface area contributed by atoms with Crippen molar-refractivity contribution in [2.75, 3.05) is 18.4 Å². The summed E-state index contributed by atoms with van der Waals surface area (Å²) in [6, 6.07) is 8.97. The number of fused-ring (bicyclic) bond motifs is 1. The molecule has 1 N–H and O–H groups in total. The molecule has 9 nitrogen and oxygen atoms in total. The Kier molecular flexibility index (Phi) is 6.63. The van der Waals surface area contributed by atoms with E-state index in [4.69, 9.17) is 0 Å². The number of nitrogens with zero attached hydrogens (tertiary/aromatic N) is 4. The van der Waals surface area contributed by atoms with Crippen LogP contribution in [0, 0.1) is 6.92 Å². The van der Waals surface area contributed by atoms with Crippen LogP contribution in [0.2, 0.25) is 0 Å². The lowest BCUT2D eigenvalue weighted by atomic mass is 10.1. The molecule has 1 aliphatic heterocycles. The van der Waals surface area contributed by atoms with E-state index in [0.717, 1.165) is 35.8 Å². The average Bonchev–Trinajstić information content (AvgIpc) is 2.85. The van der Waals surface area contributed by atoms with E-state index in [1.54, 1.807) is 24.0 Å². The normalized spacial score (nSPS) is 13.8. The molecule has 34 heavy (non-hydrogen) atoms. The molecule has 3 aromatic rings. The third-order valence-corrected chi connectivity index (χ3v) is 6.27. The molecule has 1 aliphatic rings. The maximum absolute atomic E-state index is 13.5. The summed E-state index contributed by atoms with van der Waals surface area (Å²) in [6.07, 6.45) is 3.62. The van der Waals surface area contributed by atoms with Gasteiger partial charge in [-0.2, -0.15) is 0 Å². The van der Waals surface area contributed by atoms with Crippen LogP contribution in [0.4, 0.5) is 5.69 Å². The first-order chi connectivity index (χ1) is 16.3. The molecule has 1 fully saturated rings. The number of anilines is 1. The zero-order chi connectivity index (χ0) is 24.4. The van der Waals surface area contributed by atoms with Crippen molar-refractivity contribution in [3.63, 3.8) is 0 Å². The van der Waals surface area contributed by atoms with Crippen molar-refractivity contribution in [2.45, 2.75) is 46.1 Å². The highest BCUT2D eigenvalue weighted by molar-refractivity contribution is 6.05. The van der Waals surface area contributed by atoms with E-state index >= 15 is 0 Å². The molecule has 0 atom stereocenters. The molecule has 0 bridgehead atoms. The molecule has 9 heteroatoms. The van der Waals surface area contributed by atoms with Crippen molar-refractivity contribution in [2.24, 2.45) is 7.05 Å². The summed E-state index contributed by atoms with van der Waals surface area (Å²) < 4.78 is 2.10. The van der Waals surface area contributed by atoms with Crippen LogP contribution in [0.3, 0.4) is 0 Å². The quantitative estimate of drug-likeness (QED) is 0.625. The van der Waals surface area contributed by atoms with Gasteiger partial charge < -0.3 is 10.2 Å². The summed E-state index contributed by atoms with van der Waals surface area (Å²) in [6.45, 7) is 4.48. The van der Waals surface area contributed by atoms with Crippen molar-refractivity contribution < 1.29 is 9.59 Å². The number of likely N-dealkylation sites (tertiary alicyclic amines) is 1. The first-order valence-corrected chi connectivity index (χ1v) is 11.6. The van der Waals surface area contributed by atoms with Gasteiger partial charge in [-0.3, -0.25) is 23.5 Å². The van der Waals surface area contributed by atoms with Crippen molar-refractivity contribution in [1.82, 2.24) is 19.0 Å². The van der Waals surface area contributed by atoms with Gasteiger partial charge in [0.05, 0.1) is 10.9 Å². The number of carbonyl (C=O) groups is 2. The summed E-state index contributed by atoms with van der Waals surface area (Å²) >= 11 is 0. The Bertz CT molecular complexity index is 1380. The fraction of sp³-hybridized carbons (Fsp3) is 0.400. The first kappa shape index (κ1) is 23.4. The standard InChI is InChI=1S/C25H29N5O4/c1-4-17-10-6-7-11-19(17)27-20(31)15-30-24(33)21-18(23(32)29-12-8-5-9-13-29)14-16(2)26-22(21)28(3)25(30)34/h6-7,10-11,14H,4-5,8-9,12-13,15H2,1-3H3,(H,27,31). The minimum absolute atomic E-state index is 0.0602. The molecular weight excluding hydrogens is 434 g/mol. The predicted octanol–water partition coefficient (Wildman–Crippen LogP) is 2.23. The largest absolute Gasteiger partial charge is 0.339 e. The Morgan fingerprint density at radius 3 is 2.50 bits per heavy atom. The fourth-order valence-corrected chi connectivity index (χ4v) is 4.46. The minimum atomic E-state index is -0.690.